The summed E-state index contributed by atoms with van der Waals surface area (Å²) in [5.74, 6) is 0. The minimum absolute atomic E-state index is 0.144. The van der Waals surface area contributed by atoms with Crippen LogP contribution in [0.2, 0.25) is 0 Å². The van der Waals surface area contributed by atoms with E-state index in [1.807, 2.05) is 83.8 Å². The SMILES string of the molecule is O=C1N(Cc2ccc3cn[nH]c3c2)[C@H](Cc2ccccc2)[C@H](O)[C@H](O)[C@]23CCC([C@H](OCc4ccccc4)C2)N13. The number of rotatable bonds is 7. The van der Waals surface area contributed by atoms with Gasteiger partial charge in [-0.3, -0.25) is 5.10 Å². The van der Waals surface area contributed by atoms with E-state index in [0.29, 0.717) is 32.4 Å². The summed E-state index contributed by atoms with van der Waals surface area (Å²) in [5, 5.41) is 31.8. The number of nitrogens with one attached hydrogen (secondary N) is 1. The first kappa shape index (κ1) is 25.3. The summed E-state index contributed by atoms with van der Waals surface area (Å²) in [6.07, 6.45) is 1.73. The van der Waals surface area contributed by atoms with Crippen LogP contribution in [0.15, 0.2) is 85.1 Å². The minimum Gasteiger partial charge on any atom is -0.388 e. The molecule has 0 radical (unpaired) electrons. The van der Waals surface area contributed by atoms with Crippen molar-refractivity contribution >= 4 is 16.9 Å². The molecule has 3 aromatic carbocycles. The van der Waals surface area contributed by atoms with Crippen LogP contribution in [0.4, 0.5) is 4.79 Å². The van der Waals surface area contributed by atoms with Gasteiger partial charge in [-0.1, -0.05) is 72.8 Å². The number of aliphatic hydroxyl groups is 2. The third-order valence-electron chi connectivity index (χ3n) is 9.24. The van der Waals surface area contributed by atoms with Crippen molar-refractivity contribution < 1.29 is 19.7 Å². The van der Waals surface area contributed by atoms with E-state index in [1.54, 1.807) is 11.1 Å². The Hall–Kier alpha value is -3.72. The summed E-state index contributed by atoms with van der Waals surface area (Å²) in [5.41, 5.74) is 3.06. The van der Waals surface area contributed by atoms with Crippen molar-refractivity contribution in [3.63, 3.8) is 0 Å². The second-order valence-electron chi connectivity index (χ2n) is 11.5. The Balaban J connectivity index is 1.23. The van der Waals surface area contributed by atoms with Crippen LogP contribution in [0.25, 0.3) is 10.9 Å². The van der Waals surface area contributed by atoms with Gasteiger partial charge in [-0.25, -0.2) is 4.79 Å². The summed E-state index contributed by atoms with van der Waals surface area (Å²) < 4.78 is 6.38. The third kappa shape index (κ3) is 4.18. The maximum atomic E-state index is 14.6. The summed E-state index contributed by atoms with van der Waals surface area (Å²) >= 11 is 0. The van der Waals surface area contributed by atoms with Crippen LogP contribution in [0.5, 0.6) is 0 Å². The predicted molar refractivity (Wildman–Crippen MR) is 150 cm³/mol. The summed E-state index contributed by atoms with van der Waals surface area (Å²) in [7, 11) is 0. The first-order valence-corrected chi connectivity index (χ1v) is 14.1. The van der Waals surface area contributed by atoms with Crippen LogP contribution < -0.4 is 0 Å². The molecule has 0 spiro atoms. The summed E-state index contributed by atoms with van der Waals surface area (Å²) in [4.78, 5) is 18.2. The lowest BCUT2D eigenvalue weighted by molar-refractivity contribution is -0.0728. The van der Waals surface area contributed by atoms with E-state index in [4.69, 9.17) is 4.74 Å². The fourth-order valence-corrected chi connectivity index (χ4v) is 7.25. The maximum Gasteiger partial charge on any atom is 0.321 e. The van der Waals surface area contributed by atoms with Crippen LogP contribution in [0, 0.1) is 0 Å². The minimum atomic E-state index is -1.11. The van der Waals surface area contributed by atoms with Gasteiger partial charge < -0.3 is 24.7 Å². The van der Waals surface area contributed by atoms with E-state index < -0.39 is 23.8 Å². The molecule has 1 aromatic heterocycles. The Kier molecular flexibility index (Phi) is 6.34. The zero-order valence-corrected chi connectivity index (χ0v) is 22.3. The number of carbonyl (C=O) groups is 1. The van der Waals surface area contributed by atoms with E-state index in [-0.39, 0.29) is 18.2 Å². The number of hydrogen-bond donors (Lipinski definition) is 3. The number of aromatic amines is 1. The number of ether oxygens (including phenoxy) is 1. The molecule has 3 fully saturated rings. The Labute approximate surface area is 233 Å². The Morgan fingerprint density at radius 1 is 0.975 bits per heavy atom. The zero-order chi connectivity index (χ0) is 27.3. The topological polar surface area (TPSA) is 102 Å². The molecule has 8 heteroatoms. The van der Waals surface area contributed by atoms with Crippen molar-refractivity contribution in [2.75, 3.05) is 0 Å². The van der Waals surface area contributed by atoms with Crippen LogP contribution in [-0.4, -0.2) is 72.2 Å². The lowest BCUT2D eigenvalue weighted by atomic mass is 9.78. The molecule has 6 atom stereocenters. The number of nitrogens with zero attached hydrogens (tertiary/aromatic N) is 3. The molecule has 3 aliphatic rings. The van der Waals surface area contributed by atoms with E-state index >= 15 is 0 Å². The van der Waals surface area contributed by atoms with Gasteiger partial charge in [0.05, 0.1) is 42.0 Å². The Morgan fingerprint density at radius 2 is 1.73 bits per heavy atom. The third-order valence-corrected chi connectivity index (χ3v) is 9.24. The summed E-state index contributed by atoms with van der Waals surface area (Å²) in [6, 6.07) is 25.0. The molecular formula is C32H34N4O4. The standard InChI is InChI=1S/C32H34N4O4/c37-29-27(16-21-7-3-1-4-8-21)35(19-23-11-12-24-18-33-34-25(24)15-23)31(39)36-26-13-14-32(36,30(29)38)17-28(26)40-20-22-9-5-2-6-10-22/h1-12,15,18,26-30,37-38H,13-14,16-17,19-20H2,(H,33,34)/t26?,27-,28-,29+,30+,32+/m1/s1. The monoisotopic (exact) mass is 538 g/mol. The highest BCUT2D eigenvalue weighted by Crippen LogP contribution is 2.53. The van der Waals surface area contributed by atoms with Crippen molar-refractivity contribution in [2.24, 2.45) is 0 Å². The molecule has 2 bridgehead atoms. The average molecular weight is 539 g/mol. The first-order valence-electron chi connectivity index (χ1n) is 14.1. The molecule has 0 aliphatic carbocycles. The van der Waals surface area contributed by atoms with Gasteiger partial charge >= 0.3 is 6.03 Å². The van der Waals surface area contributed by atoms with Gasteiger partial charge in [0.25, 0.3) is 0 Å². The molecule has 206 valence electrons. The molecular weight excluding hydrogens is 504 g/mol. The molecule has 3 aliphatic heterocycles. The van der Waals surface area contributed by atoms with Gasteiger partial charge in [0.2, 0.25) is 0 Å². The van der Waals surface area contributed by atoms with Gasteiger partial charge in [-0.05, 0) is 42.0 Å². The molecule has 0 saturated carbocycles. The number of H-pyrrole nitrogens is 1. The highest BCUT2D eigenvalue weighted by atomic mass is 16.5. The highest BCUT2D eigenvalue weighted by molar-refractivity contribution is 5.80. The van der Waals surface area contributed by atoms with Crippen molar-refractivity contribution in [3.05, 3.63) is 102 Å². The second kappa shape index (κ2) is 10.0. The highest BCUT2D eigenvalue weighted by Gasteiger charge is 2.66. The number of aromatic nitrogens is 2. The molecule has 4 heterocycles. The van der Waals surface area contributed by atoms with Gasteiger partial charge in [0.1, 0.15) is 12.2 Å². The van der Waals surface area contributed by atoms with Crippen LogP contribution in [0.3, 0.4) is 0 Å². The zero-order valence-electron chi connectivity index (χ0n) is 22.3. The summed E-state index contributed by atoms with van der Waals surface area (Å²) in [6.45, 7) is 0.757. The fourth-order valence-electron chi connectivity index (χ4n) is 7.25. The molecule has 40 heavy (non-hydrogen) atoms. The molecule has 3 saturated heterocycles. The Morgan fingerprint density at radius 3 is 2.50 bits per heavy atom. The fraction of sp³-hybridized carbons (Fsp3) is 0.375. The molecule has 2 amide bonds. The van der Waals surface area contributed by atoms with Crippen LogP contribution in [0.1, 0.15) is 36.0 Å². The quantitative estimate of drug-likeness (QED) is 0.330. The van der Waals surface area contributed by atoms with E-state index in [9.17, 15) is 15.0 Å². The predicted octanol–water partition coefficient (Wildman–Crippen LogP) is 4.02. The van der Waals surface area contributed by atoms with Gasteiger partial charge in [0.15, 0.2) is 0 Å². The number of carbonyl (C=O) groups excluding carboxylic acids is 1. The van der Waals surface area contributed by atoms with Crippen molar-refractivity contribution in [2.45, 2.75) is 74.8 Å². The van der Waals surface area contributed by atoms with Crippen molar-refractivity contribution in [3.8, 4) is 0 Å². The van der Waals surface area contributed by atoms with E-state index in [2.05, 4.69) is 10.2 Å². The first-order chi connectivity index (χ1) is 19.5. The van der Waals surface area contributed by atoms with Crippen molar-refractivity contribution in [1.29, 1.82) is 0 Å². The van der Waals surface area contributed by atoms with Crippen molar-refractivity contribution in [1.82, 2.24) is 20.0 Å². The number of amides is 2. The number of fused-ring (bicyclic) bond motifs is 1. The average Bonchev–Trinajstić information content (AvgIpc) is 3.69. The van der Waals surface area contributed by atoms with E-state index in [1.165, 1.54) is 0 Å². The molecule has 3 N–H and O–H groups in total. The lowest BCUT2D eigenvalue weighted by Gasteiger charge is -2.38. The molecule has 4 aromatic rings. The number of benzene rings is 3. The van der Waals surface area contributed by atoms with Crippen LogP contribution in [-0.2, 0) is 24.3 Å². The number of aliphatic hydroxyl groups excluding tert-OH is 2. The smallest absolute Gasteiger partial charge is 0.321 e. The lowest BCUT2D eigenvalue weighted by Crippen LogP contribution is -2.55. The van der Waals surface area contributed by atoms with Crippen LogP contribution >= 0.6 is 0 Å². The number of urea groups is 1. The van der Waals surface area contributed by atoms with Gasteiger partial charge in [0, 0.05) is 18.4 Å². The van der Waals surface area contributed by atoms with E-state index in [0.717, 1.165) is 34.0 Å². The maximum absolute atomic E-state index is 14.6. The molecule has 8 nitrogen and oxygen atoms in total. The van der Waals surface area contributed by atoms with Gasteiger partial charge in [-0.2, -0.15) is 5.10 Å². The largest absolute Gasteiger partial charge is 0.388 e. The Bertz CT molecular complexity index is 1490. The number of hydrogen-bond acceptors (Lipinski definition) is 5. The second-order valence-corrected chi connectivity index (χ2v) is 11.5. The van der Waals surface area contributed by atoms with Gasteiger partial charge in [-0.15, -0.1) is 0 Å². The molecule has 7 rings (SSSR count). The molecule has 1 unspecified atom stereocenters. The normalized spacial score (nSPS) is 29.6.